The maximum Gasteiger partial charge on any atom is 0.300 e. The van der Waals surface area contributed by atoms with Crippen LogP contribution in [0.4, 0.5) is 17.1 Å². The van der Waals surface area contributed by atoms with Gasteiger partial charge < -0.3 is 9.84 Å². The first-order valence-corrected chi connectivity index (χ1v) is 9.64. The number of nitrogens with zero attached hydrogens (tertiary/aromatic N) is 5. The molecule has 0 spiro atoms. The Hall–Kier alpha value is -4.23. The number of nitro groups is 1. The first kappa shape index (κ1) is 22.5. The first-order chi connectivity index (χ1) is 15.3. The molecular weight excluding hydrogens is 438 g/mol. The molecule has 0 aliphatic heterocycles. The summed E-state index contributed by atoms with van der Waals surface area (Å²) in [6.45, 7) is 3.15. The average Bonchev–Trinajstić information content (AvgIpc) is 2.76. The Morgan fingerprint density at radius 3 is 2.47 bits per heavy atom. The van der Waals surface area contributed by atoms with Crippen LogP contribution in [0.1, 0.15) is 18.1 Å². The van der Waals surface area contributed by atoms with E-state index in [1.807, 2.05) is 6.07 Å². The van der Waals surface area contributed by atoms with Crippen LogP contribution in [0.3, 0.4) is 0 Å². The predicted octanol–water partition coefficient (Wildman–Crippen LogP) is 5.52. The van der Waals surface area contributed by atoms with Gasteiger partial charge in [-0.3, -0.25) is 19.5 Å². The monoisotopic (exact) mass is 453 g/mol. The molecule has 0 unspecified atom stereocenters. The molecule has 0 bridgehead atoms. The Morgan fingerprint density at radius 1 is 1.22 bits per heavy atom. The summed E-state index contributed by atoms with van der Waals surface area (Å²) in [7, 11) is 0. The van der Waals surface area contributed by atoms with E-state index in [-0.39, 0.29) is 34.8 Å². The number of azo groups is 1. The highest BCUT2D eigenvalue weighted by Gasteiger charge is 2.20. The predicted molar refractivity (Wildman–Crippen MR) is 116 cm³/mol. The fourth-order valence-corrected chi connectivity index (χ4v) is 3.02. The molecule has 3 aromatic rings. The van der Waals surface area contributed by atoms with E-state index in [1.54, 1.807) is 31.2 Å². The Labute approximate surface area is 186 Å². The van der Waals surface area contributed by atoms with E-state index < -0.39 is 22.0 Å². The van der Waals surface area contributed by atoms with E-state index >= 15 is 0 Å². The van der Waals surface area contributed by atoms with Crippen molar-refractivity contribution in [1.82, 2.24) is 4.57 Å². The second-order valence-electron chi connectivity index (χ2n) is 6.50. The molecule has 0 atom stereocenters. The number of aromatic hydroxyl groups is 1. The lowest BCUT2D eigenvalue weighted by molar-refractivity contribution is -0.384. The first-order valence-electron chi connectivity index (χ1n) is 9.26. The highest BCUT2D eigenvalue weighted by Crippen LogP contribution is 2.35. The number of rotatable bonds is 6. The molecule has 3 rings (SSSR count). The van der Waals surface area contributed by atoms with E-state index in [0.29, 0.717) is 10.8 Å². The minimum absolute atomic E-state index is 0.0963. The summed E-state index contributed by atoms with van der Waals surface area (Å²) < 4.78 is 6.57. The number of aromatic nitrogens is 1. The molecule has 162 valence electrons. The van der Waals surface area contributed by atoms with Crippen LogP contribution in [-0.2, 0) is 6.54 Å². The van der Waals surface area contributed by atoms with Gasteiger partial charge in [-0.05, 0) is 50.2 Å². The van der Waals surface area contributed by atoms with Gasteiger partial charge >= 0.3 is 0 Å². The third-order valence-electron chi connectivity index (χ3n) is 4.54. The van der Waals surface area contributed by atoms with Crippen LogP contribution < -0.4 is 10.3 Å². The summed E-state index contributed by atoms with van der Waals surface area (Å²) >= 11 is 5.83. The molecule has 10 nitrogen and oxygen atoms in total. The average molecular weight is 454 g/mol. The number of pyridine rings is 1. The van der Waals surface area contributed by atoms with Crippen molar-refractivity contribution in [3.8, 4) is 23.4 Å². The van der Waals surface area contributed by atoms with Gasteiger partial charge in [0, 0.05) is 17.1 Å². The lowest BCUT2D eigenvalue weighted by atomic mass is 10.1. The number of nitro benzene ring substituents is 1. The Morgan fingerprint density at radius 2 is 1.88 bits per heavy atom. The maximum atomic E-state index is 12.6. The minimum Gasteiger partial charge on any atom is -0.493 e. The molecular formula is C21H16ClN5O5. The SMILES string of the molecule is CCn1c(O)c(C#N)c(C)c(N=Nc2ccc(Oc3ccc(Cl)cc3)cc2[N+](=O)[O-])c1=O. The highest BCUT2D eigenvalue weighted by molar-refractivity contribution is 6.30. The van der Waals surface area contributed by atoms with Crippen molar-refractivity contribution in [2.75, 3.05) is 0 Å². The quantitative estimate of drug-likeness (QED) is 0.295. The van der Waals surface area contributed by atoms with Gasteiger partial charge in [0.2, 0.25) is 5.88 Å². The molecule has 0 radical (unpaired) electrons. The lowest BCUT2D eigenvalue weighted by Gasteiger charge is -2.10. The fraction of sp³-hybridized carbons (Fsp3) is 0.143. The van der Waals surface area contributed by atoms with Crippen molar-refractivity contribution in [3.63, 3.8) is 0 Å². The van der Waals surface area contributed by atoms with Crippen molar-refractivity contribution in [1.29, 1.82) is 5.26 Å². The minimum atomic E-state index is -0.671. The number of ether oxygens (including phenoxy) is 1. The molecule has 2 aromatic carbocycles. The molecule has 0 saturated carbocycles. The summed E-state index contributed by atoms with van der Waals surface area (Å²) in [4.78, 5) is 23.5. The number of hydrogen-bond acceptors (Lipinski definition) is 8. The zero-order chi connectivity index (χ0) is 23.4. The van der Waals surface area contributed by atoms with Crippen molar-refractivity contribution in [2.45, 2.75) is 20.4 Å². The van der Waals surface area contributed by atoms with Crippen molar-refractivity contribution < 1.29 is 14.8 Å². The zero-order valence-electron chi connectivity index (χ0n) is 16.9. The third kappa shape index (κ3) is 4.43. The molecule has 0 amide bonds. The molecule has 0 fully saturated rings. The number of hydrogen-bond donors (Lipinski definition) is 1. The van der Waals surface area contributed by atoms with Crippen LogP contribution in [0.25, 0.3) is 0 Å². The molecule has 1 N–H and O–H groups in total. The lowest BCUT2D eigenvalue weighted by Crippen LogP contribution is -2.20. The third-order valence-corrected chi connectivity index (χ3v) is 4.79. The van der Waals surface area contributed by atoms with Crippen LogP contribution in [0.15, 0.2) is 57.5 Å². The van der Waals surface area contributed by atoms with Crippen LogP contribution in [0.2, 0.25) is 5.02 Å². The normalized spacial score (nSPS) is 10.8. The van der Waals surface area contributed by atoms with Crippen molar-refractivity contribution in [3.05, 3.63) is 79.1 Å². The summed E-state index contributed by atoms with van der Waals surface area (Å²) in [5.41, 5.74) is -1.39. The van der Waals surface area contributed by atoms with Crippen LogP contribution in [-0.4, -0.2) is 14.6 Å². The topological polar surface area (TPSA) is 143 Å². The molecule has 0 saturated heterocycles. The summed E-state index contributed by atoms with van der Waals surface area (Å²) in [6, 6.07) is 12.2. The van der Waals surface area contributed by atoms with Crippen molar-refractivity contribution >= 4 is 28.7 Å². The van der Waals surface area contributed by atoms with Gasteiger partial charge in [0.25, 0.3) is 11.2 Å². The zero-order valence-corrected chi connectivity index (χ0v) is 17.7. The van der Waals surface area contributed by atoms with E-state index in [4.69, 9.17) is 16.3 Å². The largest absolute Gasteiger partial charge is 0.493 e. The molecule has 11 heteroatoms. The van der Waals surface area contributed by atoms with Crippen LogP contribution >= 0.6 is 11.6 Å². The van der Waals surface area contributed by atoms with E-state index in [1.165, 1.54) is 25.1 Å². The number of nitriles is 1. The van der Waals surface area contributed by atoms with Gasteiger partial charge in [-0.25, -0.2) is 0 Å². The molecule has 32 heavy (non-hydrogen) atoms. The van der Waals surface area contributed by atoms with Gasteiger partial charge in [-0.2, -0.15) is 5.26 Å². The van der Waals surface area contributed by atoms with Crippen molar-refractivity contribution in [2.24, 2.45) is 10.2 Å². The van der Waals surface area contributed by atoms with Gasteiger partial charge in [0.15, 0.2) is 11.4 Å². The van der Waals surface area contributed by atoms with Gasteiger partial charge in [-0.1, -0.05) is 11.6 Å². The van der Waals surface area contributed by atoms with Crippen LogP contribution in [0.5, 0.6) is 17.4 Å². The Balaban J connectivity index is 2.02. The van der Waals surface area contributed by atoms with E-state index in [9.17, 15) is 25.3 Å². The standard InChI is InChI=1S/C21H16ClN5O5/c1-3-26-20(28)16(11-23)12(2)19(21(26)29)25-24-17-9-8-15(10-18(17)27(30)31)32-14-6-4-13(22)5-7-14/h4-10,28H,3H2,1-2H3. The van der Waals surface area contributed by atoms with Gasteiger partial charge in [0.1, 0.15) is 23.1 Å². The van der Waals surface area contributed by atoms with Crippen LogP contribution in [0, 0.1) is 28.4 Å². The van der Waals surface area contributed by atoms with E-state index in [2.05, 4.69) is 10.2 Å². The van der Waals surface area contributed by atoms with E-state index in [0.717, 1.165) is 4.57 Å². The second kappa shape index (κ2) is 9.28. The molecule has 0 aliphatic rings. The van der Waals surface area contributed by atoms with Gasteiger partial charge in [-0.15, -0.1) is 10.2 Å². The number of benzene rings is 2. The fourth-order valence-electron chi connectivity index (χ4n) is 2.89. The van der Waals surface area contributed by atoms with Gasteiger partial charge in [0.05, 0.1) is 11.0 Å². The molecule has 0 aliphatic carbocycles. The highest BCUT2D eigenvalue weighted by atomic mass is 35.5. The Kier molecular flexibility index (Phi) is 6.51. The summed E-state index contributed by atoms with van der Waals surface area (Å²) in [5, 5.41) is 39.2. The molecule has 1 aromatic heterocycles. The smallest absolute Gasteiger partial charge is 0.300 e. The molecule has 1 heterocycles. The second-order valence-corrected chi connectivity index (χ2v) is 6.93. The summed E-state index contributed by atoms with van der Waals surface area (Å²) in [6.07, 6.45) is 0. The summed E-state index contributed by atoms with van der Waals surface area (Å²) in [5.74, 6) is 0.159. The Bertz CT molecular complexity index is 1330. The number of halogens is 1. The maximum absolute atomic E-state index is 12.6.